The van der Waals surface area contributed by atoms with Crippen molar-refractivity contribution in [1.29, 1.82) is 0 Å². The van der Waals surface area contributed by atoms with E-state index in [0.29, 0.717) is 30.2 Å². The Labute approximate surface area is 251 Å². The van der Waals surface area contributed by atoms with Crippen molar-refractivity contribution in [3.05, 3.63) is 34.9 Å². The highest BCUT2D eigenvalue weighted by molar-refractivity contribution is 6.09. The van der Waals surface area contributed by atoms with Gasteiger partial charge in [0.2, 0.25) is 23.6 Å². The number of fused-ring (bicyclic) bond motifs is 10. The molecule has 0 unspecified atom stereocenters. The lowest BCUT2D eigenvalue weighted by Crippen LogP contribution is -2.47. The number of benzene rings is 1. The molecule has 1 aromatic rings. The first-order chi connectivity index (χ1) is 20.7. The smallest absolute Gasteiger partial charge is 0.329 e. The van der Waals surface area contributed by atoms with Crippen LogP contribution in [0.1, 0.15) is 79.3 Å². The van der Waals surface area contributed by atoms with E-state index in [0.717, 1.165) is 54.6 Å². The van der Waals surface area contributed by atoms with Gasteiger partial charge in [0.25, 0.3) is 0 Å². The Kier molecular flexibility index (Phi) is 7.05. The Hall–Kier alpha value is -3.36. The lowest BCUT2D eigenvalue weighted by atomic mass is 9.81. The van der Waals surface area contributed by atoms with Crippen LogP contribution in [0, 0.1) is 61.2 Å². The van der Waals surface area contributed by atoms with Crippen LogP contribution in [-0.4, -0.2) is 64.4 Å². The zero-order valence-corrected chi connectivity index (χ0v) is 25.0. The monoisotopic (exact) mass is 588 g/mol. The molecule has 2 heterocycles. The first-order valence-electron chi connectivity index (χ1n) is 16.1. The van der Waals surface area contributed by atoms with Gasteiger partial charge in [-0.2, -0.15) is 0 Å². The number of ketones is 1. The topological polar surface area (TPSA) is 118 Å². The summed E-state index contributed by atoms with van der Waals surface area (Å²) < 4.78 is 5.48. The van der Waals surface area contributed by atoms with Gasteiger partial charge in [-0.25, -0.2) is 4.79 Å². The van der Waals surface area contributed by atoms with Crippen LogP contribution in [0.4, 0.5) is 0 Å². The van der Waals surface area contributed by atoms with Crippen molar-refractivity contribution in [1.82, 2.24) is 9.80 Å². The minimum atomic E-state index is -1.13. The molecule has 0 N–H and O–H groups in total. The summed E-state index contributed by atoms with van der Waals surface area (Å²) in [5.41, 5.74) is 2.44. The zero-order chi connectivity index (χ0) is 30.2. The highest BCUT2D eigenvalue weighted by atomic mass is 16.5. The molecule has 43 heavy (non-hydrogen) atoms. The molecule has 6 fully saturated rings. The number of imide groups is 2. The second-order valence-electron chi connectivity index (χ2n) is 14.0. The van der Waals surface area contributed by atoms with Crippen molar-refractivity contribution >= 4 is 35.4 Å². The number of ether oxygens (including phenoxy) is 1. The van der Waals surface area contributed by atoms with E-state index in [1.165, 1.54) is 4.90 Å². The van der Waals surface area contributed by atoms with E-state index in [4.69, 9.17) is 4.74 Å². The van der Waals surface area contributed by atoms with Gasteiger partial charge in [0.15, 0.2) is 12.4 Å². The van der Waals surface area contributed by atoms with Crippen LogP contribution in [-0.2, 0) is 28.7 Å². The molecule has 9 atom stereocenters. The number of Topliss-reactive ketones (excluding diaryl/α,β-unsaturated/α-hetero) is 1. The second kappa shape index (κ2) is 10.7. The first kappa shape index (κ1) is 28.4. The standard InChI is InChI=1S/C34H40N2O7/c1-17-6-7-19(13-18(17)2)25(37)16-43-34(42)24(36-32(40)28-22-10-11-23(15-22)29(28)33(36)41)5-3-4-12-35-30(38)26-20-8-9-21(14-20)27(26)31(35)39/h6-7,13,20-24,26-29H,3-5,8-12,14-16H2,1-2H3/t20-,21+,22-,23+,24-,26+,27+,28-,29+/m1/s1. The van der Waals surface area contributed by atoms with Gasteiger partial charge in [-0.1, -0.05) is 12.1 Å². The molecule has 228 valence electrons. The minimum Gasteiger partial charge on any atom is -0.456 e. The van der Waals surface area contributed by atoms with Crippen LogP contribution in [0.5, 0.6) is 0 Å². The molecule has 4 aliphatic carbocycles. The molecule has 2 aliphatic heterocycles. The summed E-state index contributed by atoms with van der Waals surface area (Å²) in [5.74, 6) is -1.88. The lowest BCUT2D eigenvalue weighted by molar-refractivity contribution is -0.159. The highest BCUT2D eigenvalue weighted by Crippen LogP contribution is 2.57. The van der Waals surface area contributed by atoms with Gasteiger partial charge >= 0.3 is 5.97 Å². The number of carbonyl (C=O) groups excluding carboxylic acids is 6. The normalized spacial score (nSPS) is 34.4. The first-order valence-corrected chi connectivity index (χ1v) is 16.1. The van der Waals surface area contributed by atoms with Gasteiger partial charge in [0.05, 0.1) is 23.7 Å². The molecule has 4 amide bonds. The summed E-state index contributed by atoms with van der Waals surface area (Å²) in [6, 6.07) is 4.17. The Morgan fingerprint density at radius 1 is 0.767 bits per heavy atom. The average molecular weight is 589 g/mol. The number of amides is 4. The fourth-order valence-corrected chi connectivity index (χ4v) is 9.62. The number of carbonyl (C=O) groups is 6. The maximum atomic E-state index is 13.6. The van der Waals surface area contributed by atoms with Crippen LogP contribution < -0.4 is 0 Å². The van der Waals surface area contributed by atoms with E-state index in [-0.39, 0.29) is 77.9 Å². The lowest BCUT2D eigenvalue weighted by Gasteiger charge is -2.26. The predicted molar refractivity (Wildman–Crippen MR) is 153 cm³/mol. The van der Waals surface area contributed by atoms with Crippen LogP contribution in [0.25, 0.3) is 0 Å². The molecule has 1 aromatic carbocycles. The van der Waals surface area contributed by atoms with Crippen LogP contribution in [0.3, 0.4) is 0 Å². The van der Waals surface area contributed by atoms with Gasteiger partial charge < -0.3 is 4.74 Å². The third-order valence-corrected chi connectivity index (χ3v) is 11.8. The van der Waals surface area contributed by atoms with Gasteiger partial charge in [0, 0.05) is 12.1 Å². The fourth-order valence-electron chi connectivity index (χ4n) is 9.62. The fraction of sp³-hybridized carbons (Fsp3) is 0.647. The van der Waals surface area contributed by atoms with Gasteiger partial charge in [-0.05, 0) is 112 Å². The summed E-state index contributed by atoms with van der Waals surface area (Å²) in [4.78, 5) is 82.3. The summed E-state index contributed by atoms with van der Waals surface area (Å²) in [7, 11) is 0. The van der Waals surface area contributed by atoms with Crippen molar-refractivity contribution in [3.8, 4) is 0 Å². The van der Waals surface area contributed by atoms with E-state index in [2.05, 4.69) is 0 Å². The SMILES string of the molecule is Cc1ccc(C(=O)COC(=O)[C@@H](CCCCN2C(=O)[C@H]3[C@@H]4CC[C@@H](C4)[C@@H]3C2=O)N2C(=O)[C@@H]3[C@@H]4CC[C@@H](C4)[C@@H]3C2=O)cc1C. The van der Waals surface area contributed by atoms with Crippen molar-refractivity contribution in [2.24, 2.45) is 47.3 Å². The Morgan fingerprint density at radius 2 is 1.30 bits per heavy atom. The Balaban J connectivity index is 1.02. The van der Waals surface area contributed by atoms with Crippen LogP contribution >= 0.6 is 0 Å². The molecular weight excluding hydrogens is 548 g/mol. The third kappa shape index (κ3) is 4.48. The molecule has 2 saturated heterocycles. The molecule has 6 aliphatic rings. The number of hydrogen-bond acceptors (Lipinski definition) is 7. The number of aryl methyl sites for hydroxylation is 2. The Bertz CT molecular complexity index is 1360. The maximum Gasteiger partial charge on any atom is 0.329 e. The number of esters is 1. The highest BCUT2D eigenvalue weighted by Gasteiger charge is 2.63. The largest absolute Gasteiger partial charge is 0.456 e. The molecule has 0 radical (unpaired) electrons. The average Bonchev–Trinajstić information content (AvgIpc) is 3.84. The molecule has 9 nitrogen and oxygen atoms in total. The molecular formula is C34H40N2O7. The van der Waals surface area contributed by atoms with E-state index in [1.54, 1.807) is 12.1 Å². The summed E-state index contributed by atoms with van der Waals surface area (Å²) >= 11 is 0. The molecule has 7 rings (SSSR count). The minimum absolute atomic E-state index is 0.0591. The molecule has 9 heteroatoms. The molecule has 0 spiro atoms. The van der Waals surface area contributed by atoms with Crippen molar-refractivity contribution in [2.75, 3.05) is 13.2 Å². The maximum absolute atomic E-state index is 13.6. The number of likely N-dealkylation sites (tertiary alicyclic amines) is 2. The number of hydrogen-bond donors (Lipinski definition) is 0. The third-order valence-electron chi connectivity index (χ3n) is 11.8. The molecule has 4 bridgehead atoms. The zero-order valence-electron chi connectivity index (χ0n) is 25.0. The number of rotatable bonds is 10. The van der Waals surface area contributed by atoms with E-state index < -0.39 is 18.6 Å². The number of nitrogens with zero attached hydrogens (tertiary/aromatic N) is 2. The van der Waals surface area contributed by atoms with Crippen molar-refractivity contribution in [2.45, 2.75) is 77.7 Å². The second-order valence-corrected chi connectivity index (χ2v) is 14.0. The van der Waals surface area contributed by atoms with Crippen LogP contribution in [0.15, 0.2) is 18.2 Å². The van der Waals surface area contributed by atoms with E-state index in [9.17, 15) is 28.8 Å². The summed E-state index contributed by atoms with van der Waals surface area (Å²) in [6.07, 6.45) is 6.83. The predicted octanol–water partition coefficient (Wildman–Crippen LogP) is 3.63. The van der Waals surface area contributed by atoms with E-state index >= 15 is 0 Å². The van der Waals surface area contributed by atoms with Gasteiger partial charge in [0.1, 0.15) is 6.04 Å². The van der Waals surface area contributed by atoms with Gasteiger partial charge in [-0.15, -0.1) is 0 Å². The Morgan fingerprint density at radius 3 is 1.84 bits per heavy atom. The van der Waals surface area contributed by atoms with Crippen LogP contribution in [0.2, 0.25) is 0 Å². The quantitative estimate of drug-likeness (QED) is 0.177. The van der Waals surface area contributed by atoms with Crippen molar-refractivity contribution in [3.63, 3.8) is 0 Å². The summed E-state index contributed by atoms with van der Waals surface area (Å²) in [5, 5.41) is 0. The van der Waals surface area contributed by atoms with E-state index in [1.807, 2.05) is 19.9 Å². The molecule has 0 aromatic heterocycles. The van der Waals surface area contributed by atoms with Gasteiger partial charge in [-0.3, -0.25) is 33.8 Å². The number of unbranched alkanes of at least 4 members (excludes halogenated alkanes) is 1. The summed E-state index contributed by atoms with van der Waals surface area (Å²) in [6.45, 7) is 3.65. The van der Waals surface area contributed by atoms with Crippen molar-refractivity contribution < 1.29 is 33.5 Å². The molecule has 4 saturated carbocycles.